The molecule has 0 saturated carbocycles. The van der Waals surface area contributed by atoms with E-state index in [1.54, 1.807) is 6.20 Å². The van der Waals surface area contributed by atoms with Gasteiger partial charge in [-0.15, -0.1) is 0 Å². The third kappa shape index (κ3) is 2.86. The standard InChI is InChI=1S/C10H16N4/c1-8(2)13-10(6-11)7-14-5-4-12-9(14)3/h4-5,8,10,13H,7H2,1-3H3. The normalized spacial score (nSPS) is 12.8. The molecule has 0 radical (unpaired) electrons. The lowest BCUT2D eigenvalue weighted by atomic mass is 10.2. The Morgan fingerprint density at radius 2 is 2.36 bits per heavy atom. The number of imidazole rings is 1. The highest BCUT2D eigenvalue weighted by Gasteiger charge is 2.09. The van der Waals surface area contributed by atoms with Crippen molar-refractivity contribution in [1.29, 1.82) is 5.26 Å². The minimum absolute atomic E-state index is 0.150. The molecule has 4 heteroatoms. The average molecular weight is 192 g/mol. The van der Waals surface area contributed by atoms with Gasteiger partial charge in [-0.25, -0.2) is 4.98 Å². The number of hydrogen-bond acceptors (Lipinski definition) is 3. The molecule has 0 saturated heterocycles. The summed E-state index contributed by atoms with van der Waals surface area (Å²) >= 11 is 0. The molecule has 1 unspecified atom stereocenters. The van der Waals surface area contributed by atoms with Gasteiger partial charge < -0.3 is 4.57 Å². The molecule has 1 atom stereocenters. The van der Waals surface area contributed by atoms with Crippen molar-refractivity contribution in [2.45, 2.75) is 39.4 Å². The number of aryl methyl sites for hydroxylation is 1. The second-order valence-corrected chi connectivity index (χ2v) is 3.63. The summed E-state index contributed by atoms with van der Waals surface area (Å²) in [5, 5.41) is 12.1. The van der Waals surface area contributed by atoms with Crippen LogP contribution in [0.25, 0.3) is 0 Å². The molecule has 1 N–H and O–H groups in total. The fourth-order valence-electron chi connectivity index (χ4n) is 1.33. The van der Waals surface area contributed by atoms with Gasteiger partial charge in [-0.3, -0.25) is 5.32 Å². The monoisotopic (exact) mass is 192 g/mol. The summed E-state index contributed by atoms with van der Waals surface area (Å²) in [6.45, 7) is 6.65. The summed E-state index contributed by atoms with van der Waals surface area (Å²) < 4.78 is 1.98. The smallest absolute Gasteiger partial charge is 0.114 e. The minimum atomic E-state index is -0.150. The number of aromatic nitrogens is 2. The number of nitrogens with one attached hydrogen (secondary N) is 1. The number of nitrogens with zero attached hydrogens (tertiary/aromatic N) is 3. The molecular weight excluding hydrogens is 176 g/mol. The lowest BCUT2D eigenvalue weighted by Gasteiger charge is -2.15. The fourth-order valence-corrected chi connectivity index (χ4v) is 1.33. The van der Waals surface area contributed by atoms with E-state index in [2.05, 4.69) is 16.4 Å². The van der Waals surface area contributed by atoms with Gasteiger partial charge in [-0.1, -0.05) is 0 Å². The molecule has 4 nitrogen and oxygen atoms in total. The maximum Gasteiger partial charge on any atom is 0.114 e. The Hall–Kier alpha value is -1.34. The Morgan fingerprint density at radius 1 is 1.64 bits per heavy atom. The molecule has 0 aliphatic heterocycles. The molecule has 0 aromatic carbocycles. The van der Waals surface area contributed by atoms with Crippen LogP contribution in [0.2, 0.25) is 0 Å². The molecule has 1 aromatic heterocycles. The maximum atomic E-state index is 8.92. The van der Waals surface area contributed by atoms with Gasteiger partial charge in [0.05, 0.1) is 12.6 Å². The molecule has 0 aliphatic carbocycles. The van der Waals surface area contributed by atoms with Crippen LogP contribution in [0.3, 0.4) is 0 Å². The van der Waals surface area contributed by atoms with Crippen LogP contribution in [0.15, 0.2) is 12.4 Å². The van der Waals surface area contributed by atoms with E-state index < -0.39 is 0 Å². The van der Waals surface area contributed by atoms with E-state index in [-0.39, 0.29) is 6.04 Å². The third-order valence-corrected chi connectivity index (χ3v) is 1.99. The van der Waals surface area contributed by atoms with Crippen molar-refractivity contribution in [2.24, 2.45) is 0 Å². The van der Waals surface area contributed by atoms with Crippen LogP contribution in [0, 0.1) is 18.3 Å². The van der Waals surface area contributed by atoms with E-state index in [4.69, 9.17) is 5.26 Å². The zero-order valence-electron chi connectivity index (χ0n) is 8.86. The zero-order valence-corrected chi connectivity index (χ0v) is 8.86. The summed E-state index contributed by atoms with van der Waals surface area (Å²) in [4.78, 5) is 4.11. The Labute approximate surface area is 84.6 Å². The fraction of sp³-hybridized carbons (Fsp3) is 0.600. The van der Waals surface area contributed by atoms with Crippen LogP contribution >= 0.6 is 0 Å². The quantitative estimate of drug-likeness (QED) is 0.776. The predicted octanol–water partition coefficient (Wildman–Crippen LogP) is 1.08. The summed E-state index contributed by atoms with van der Waals surface area (Å²) in [5.41, 5.74) is 0. The first-order valence-electron chi connectivity index (χ1n) is 4.77. The topological polar surface area (TPSA) is 53.6 Å². The van der Waals surface area contributed by atoms with Crippen LogP contribution in [-0.2, 0) is 6.54 Å². The first kappa shape index (κ1) is 10.7. The SMILES string of the molecule is Cc1nccn1CC(C#N)NC(C)C. The van der Waals surface area contributed by atoms with E-state index in [0.29, 0.717) is 12.6 Å². The molecule has 76 valence electrons. The third-order valence-electron chi connectivity index (χ3n) is 1.99. The highest BCUT2D eigenvalue weighted by molar-refractivity contribution is 4.96. The molecule has 1 heterocycles. The Morgan fingerprint density at radius 3 is 2.79 bits per heavy atom. The largest absolute Gasteiger partial charge is 0.333 e. The second-order valence-electron chi connectivity index (χ2n) is 3.63. The molecular formula is C10H16N4. The summed E-state index contributed by atoms with van der Waals surface area (Å²) in [6.07, 6.45) is 3.64. The molecule has 14 heavy (non-hydrogen) atoms. The van der Waals surface area contributed by atoms with Crippen LogP contribution < -0.4 is 5.32 Å². The molecule has 0 spiro atoms. The Kier molecular flexibility index (Phi) is 3.66. The summed E-state index contributed by atoms with van der Waals surface area (Å²) in [5.74, 6) is 0.941. The van der Waals surface area contributed by atoms with Gasteiger partial charge in [-0.05, 0) is 20.8 Å². The van der Waals surface area contributed by atoms with Crippen LogP contribution in [0.5, 0.6) is 0 Å². The molecule has 1 rings (SSSR count). The van der Waals surface area contributed by atoms with E-state index in [1.165, 1.54) is 0 Å². The molecule has 0 bridgehead atoms. The second kappa shape index (κ2) is 4.77. The van der Waals surface area contributed by atoms with Crippen molar-refractivity contribution in [2.75, 3.05) is 0 Å². The van der Waals surface area contributed by atoms with E-state index in [0.717, 1.165) is 5.82 Å². The van der Waals surface area contributed by atoms with Gasteiger partial charge in [0.2, 0.25) is 0 Å². The first-order valence-corrected chi connectivity index (χ1v) is 4.77. The minimum Gasteiger partial charge on any atom is -0.333 e. The van der Waals surface area contributed by atoms with Gasteiger partial charge in [-0.2, -0.15) is 5.26 Å². The predicted molar refractivity (Wildman–Crippen MR) is 54.6 cm³/mol. The average Bonchev–Trinajstić information content (AvgIpc) is 2.50. The Balaban J connectivity index is 2.58. The van der Waals surface area contributed by atoms with Crippen molar-refractivity contribution in [1.82, 2.24) is 14.9 Å². The van der Waals surface area contributed by atoms with Gasteiger partial charge >= 0.3 is 0 Å². The Bertz CT molecular complexity index is 321. The lowest BCUT2D eigenvalue weighted by Crippen LogP contribution is -2.36. The van der Waals surface area contributed by atoms with Gasteiger partial charge in [0.25, 0.3) is 0 Å². The molecule has 0 fully saturated rings. The van der Waals surface area contributed by atoms with E-state index in [1.807, 2.05) is 31.5 Å². The number of hydrogen-bond donors (Lipinski definition) is 1. The number of nitriles is 1. The van der Waals surface area contributed by atoms with E-state index >= 15 is 0 Å². The molecule has 1 aromatic rings. The van der Waals surface area contributed by atoms with Crippen molar-refractivity contribution >= 4 is 0 Å². The molecule has 0 amide bonds. The highest BCUT2D eigenvalue weighted by Crippen LogP contribution is 1.98. The van der Waals surface area contributed by atoms with Gasteiger partial charge in [0.1, 0.15) is 11.9 Å². The molecule has 0 aliphatic rings. The van der Waals surface area contributed by atoms with Gasteiger partial charge in [0.15, 0.2) is 0 Å². The maximum absolute atomic E-state index is 8.92. The van der Waals surface area contributed by atoms with E-state index in [9.17, 15) is 0 Å². The lowest BCUT2D eigenvalue weighted by molar-refractivity contribution is 0.473. The van der Waals surface area contributed by atoms with Crippen molar-refractivity contribution < 1.29 is 0 Å². The zero-order chi connectivity index (χ0) is 10.6. The number of rotatable bonds is 4. The van der Waals surface area contributed by atoms with Crippen molar-refractivity contribution in [3.63, 3.8) is 0 Å². The van der Waals surface area contributed by atoms with Crippen molar-refractivity contribution in [3.8, 4) is 6.07 Å². The first-order chi connectivity index (χ1) is 6.63. The highest BCUT2D eigenvalue weighted by atomic mass is 15.1. The van der Waals surface area contributed by atoms with Crippen LogP contribution in [-0.4, -0.2) is 21.6 Å². The van der Waals surface area contributed by atoms with Gasteiger partial charge in [0, 0.05) is 18.4 Å². The van der Waals surface area contributed by atoms with Crippen LogP contribution in [0.1, 0.15) is 19.7 Å². The summed E-state index contributed by atoms with van der Waals surface area (Å²) in [6, 6.07) is 2.41. The summed E-state index contributed by atoms with van der Waals surface area (Å²) in [7, 11) is 0. The van der Waals surface area contributed by atoms with Crippen LogP contribution in [0.4, 0.5) is 0 Å². The van der Waals surface area contributed by atoms with Crippen molar-refractivity contribution in [3.05, 3.63) is 18.2 Å².